The molecule has 0 amide bonds. The molecule has 2 aromatic rings. The molecule has 114 valence electrons. The molecule has 4 heteroatoms. The van der Waals surface area contributed by atoms with E-state index in [0.29, 0.717) is 6.04 Å². The Labute approximate surface area is 126 Å². The fourth-order valence-electron chi connectivity index (χ4n) is 3.29. The van der Waals surface area contributed by atoms with Crippen LogP contribution in [0.1, 0.15) is 25.6 Å². The van der Waals surface area contributed by atoms with Crippen LogP contribution in [0.5, 0.6) is 5.75 Å². The molecule has 0 atom stereocenters. The van der Waals surface area contributed by atoms with Gasteiger partial charge in [0.1, 0.15) is 5.75 Å². The number of methoxy groups -OCH3 is 1. The predicted octanol–water partition coefficient (Wildman–Crippen LogP) is 2.64. The fraction of sp³-hybridized carbons (Fsp3) is 0.529. The third kappa shape index (κ3) is 2.78. The van der Waals surface area contributed by atoms with Gasteiger partial charge < -0.3 is 14.6 Å². The number of nitrogens with one attached hydrogen (secondary N) is 1. The van der Waals surface area contributed by atoms with E-state index in [1.165, 1.54) is 16.6 Å². The second-order valence-corrected chi connectivity index (χ2v) is 6.02. The quantitative estimate of drug-likeness (QED) is 0.937. The summed E-state index contributed by atoms with van der Waals surface area (Å²) in [6.45, 7) is 9.93. The lowest BCUT2D eigenvalue weighted by Crippen LogP contribution is -2.43. The summed E-state index contributed by atoms with van der Waals surface area (Å²) in [5.41, 5.74) is 2.65. The van der Waals surface area contributed by atoms with Crippen LogP contribution in [-0.4, -0.2) is 42.8 Å². The van der Waals surface area contributed by atoms with Crippen LogP contribution in [0.4, 0.5) is 0 Å². The summed E-state index contributed by atoms with van der Waals surface area (Å²) < 4.78 is 7.97. The molecule has 1 aliphatic rings. The van der Waals surface area contributed by atoms with Crippen LogP contribution < -0.4 is 10.1 Å². The molecule has 4 nitrogen and oxygen atoms in total. The number of nitrogens with zero attached hydrogens (tertiary/aromatic N) is 2. The number of hydrogen-bond donors (Lipinski definition) is 1. The van der Waals surface area contributed by atoms with Crippen LogP contribution in [0, 0.1) is 0 Å². The Morgan fingerprint density at radius 1 is 1.24 bits per heavy atom. The Bertz CT molecular complexity index is 612. The summed E-state index contributed by atoms with van der Waals surface area (Å²) in [4.78, 5) is 2.52. The van der Waals surface area contributed by atoms with E-state index in [2.05, 4.69) is 46.8 Å². The van der Waals surface area contributed by atoms with Gasteiger partial charge in [-0.1, -0.05) is 6.07 Å². The first kappa shape index (κ1) is 14.4. The maximum Gasteiger partial charge on any atom is 0.128 e. The second kappa shape index (κ2) is 6.08. The molecule has 1 aromatic heterocycles. The molecule has 2 heterocycles. The van der Waals surface area contributed by atoms with Crippen LogP contribution in [0.2, 0.25) is 0 Å². The van der Waals surface area contributed by atoms with E-state index < -0.39 is 0 Å². The van der Waals surface area contributed by atoms with Crippen molar-refractivity contribution in [2.45, 2.75) is 26.4 Å². The maximum atomic E-state index is 5.53. The van der Waals surface area contributed by atoms with E-state index in [1.54, 1.807) is 7.11 Å². The molecule has 1 saturated heterocycles. The molecule has 0 aliphatic carbocycles. The highest BCUT2D eigenvalue weighted by atomic mass is 16.5. The Kier molecular flexibility index (Phi) is 4.17. The van der Waals surface area contributed by atoms with Crippen molar-refractivity contribution in [3.8, 4) is 5.75 Å². The Morgan fingerprint density at radius 2 is 2.00 bits per heavy atom. The number of hydrogen-bond acceptors (Lipinski definition) is 3. The van der Waals surface area contributed by atoms with Gasteiger partial charge in [-0.25, -0.2) is 0 Å². The summed E-state index contributed by atoms with van der Waals surface area (Å²) in [6.07, 6.45) is 0. The van der Waals surface area contributed by atoms with Crippen LogP contribution in [-0.2, 0) is 6.54 Å². The number of rotatable bonds is 4. The number of piperazine rings is 1. The number of ether oxygens (including phenoxy) is 1. The van der Waals surface area contributed by atoms with Crippen LogP contribution >= 0.6 is 0 Å². The van der Waals surface area contributed by atoms with E-state index in [-0.39, 0.29) is 0 Å². The molecule has 0 unspecified atom stereocenters. The Hall–Kier alpha value is -1.52. The first-order chi connectivity index (χ1) is 10.2. The topological polar surface area (TPSA) is 29.4 Å². The van der Waals surface area contributed by atoms with E-state index in [1.807, 2.05) is 6.07 Å². The summed E-state index contributed by atoms with van der Waals surface area (Å²) in [7, 11) is 1.75. The largest absolute Gasteiger partial charge is 0.496 e. The monoisotopic (exact) mass is 287 g/mol. The minimum absolute atomic E-state index is 0.451. The van der Waals surface area contributed by atoms with Crippen LogP contribution in [0.3, 0.4) is 0 Å². The van der Waals surface area contributed by atoms with Crippen molar-refractivity contribution in [1.82, 2.24) is 14.8 Å². The van der Waals surface area contributed by atoms with E-state index in [4.69, 9.17) is 4.74 Å². The van der Waals surface area contributed by atoms with Crippen molar-refractivity contribution in [2.75, 3.05) is 33.3 Å². The minimum Gasteiger partial charge on any atom is -0.496 e. The van der Waals surface area contributed by atoms with Crippen molar-refractivity contribution < 1.29 is 4.74 Å². The third-order valence-corrected chi connectivity index (χ3v) is 4.25. The minimum atomic E-state index is 0.451. The zero-order chi connectivity index (χ0) is 14.8. The molecule has 1 N–H and O–H groups in total. The van der Waals surface area contributed by atoms with Gasteiger partial charge in [0.2, 0.25) is 0 Å². The molecule has 0 spiro atoms. The average molecular weight is 287 g/mol. The number of fused-ring (bicyclic) bond motifs is 1. The smallest absolute Gasteiger partial charge is 0.128 e. The molecule has 3 rings (SSSR count). The lowest BCUT2D eigenvalue weighted by Gasteiger charge is -2.28. The Balaban J connectivity index is 2.01. The first-order valence-electron chi connectivity index (χ1n) is 7.80. The fourth-order valence-corrected chi connectivity index (χ4v) is 3.29. The molecule has 1 aromatic carbocycles. The normalized spacial score (nSPS) is 16.8. The molecule has 21 heavy (non-hydrogen) atoms. The van der Waals surface area contributed by atoms with E-state index in [9.17, 15) is 0 Å². The van der Waals surface area contributed by atoms with Crippen molar-refractivity contribution in [3.05, 3.63) is 30.0 Å². The van der Waals surface area contributed by atoms with E-state index >= 15 is 0 Å². The number of aromatic nitrogens is 1. The zero-order valence-corrected chi connectivity index (χ0v) is 13.2. The first-order valence-corrected chi connectivity index (χ1v) is 7.80. The van der Waals surface area contributed by atoms with Gasteiger partial charge >= 0.3 is 0 Å². The van der Waals surface area contributed by atoms with Gasteiger partial charge in [-0.05, 0) is 32.0 Å². The van der Waals surface area contributed by atoms with Crippen molar-refractivity contribution in [2.24, 2.45) is 0 Å². The Morgan fingerprint density at radius 3 is 2.67 bits per heavy atom. The van der Waals surface area contributed by atoms with Gasteiger partial charge in [-0.3, -0.25) is 4.90 Å². The summed E-state index contributed by atoms with van der Waals surface area (Å²) in [5.74, 6) is 0.966. The molecule has 0 bridgehead atoms. The highest BCUT2D eigenvalue weighted by molar-refractivity contribution is 5.87. The van der Waals surface area contributed by atoms with E-state index in [0.717, 1.165) is 38.5 Å². The highest BCUT2D eigenvalue weighted by Crippen LogP contribution is 2.31. The third-order valence-electron chi connectivity index (χ3n) is 4.25. The van der Waals surface area contributed by atoms with Gasteiger partial charge in [0, 0.05) is 49.8 Å². The zero-order valence-electron chi connectivity index (χ0n) is 13.2. The molecule has 1 fully saturated rings. The summed E-state index contributed by atoms with van der Waals surface area (Å²) >= 11 is 0. The van der Waals surface area contributed by atoms with Gasteiger partial charge in [0.15, 0.2) is 0 Å². The SMILES string of the molecule is COc1cccc2c1cc(CN1CCNCC1)n2C(C)C. The van der Waals surface area contributed by atoms with Gasteiger partial charge in [-0.2, -0.15) is 0 Å². The molecule has 0 radical (unpaired) electrons. The van der Waals surface area contributed by atoms with Gasteiger partial charge in [0.05, 0.1) is 12.6 Å². The lowest BCUT2D eigenvalue weighted by atomic mass is 10.2. The van der Waals surface area contributed by atoms with Crippen LogP contribution in [0.15, 0.2) is 24.3 Å². The molecular formula is C17H25N3O. The lowest BCUT2D eigenvalue weighted by molar-refractivity contribution is 0.227. The maximum absolute atomic E-state index is 5.53. The van der Waals surface area contributed by atoms with Crippen molar-refractivity contribution >= 4 is 10.9 Å². The van der Waals surface area contributed by atoms with Crippen LogP contribution in [0.25, 0.3) is 10.9 Å². The molecular weight excluding hydrogens is 262 g/mol. The van der Waals surface area contributed by atoms with Gasteiger partial charge in [0.25, 0.3) is 0 Å². The second-order valence-electron chi connectivity index (χ2n) is 6.02. The molecule has 0 saturated carbocycles. The standard InChI is InChI=1S/C17H25N3O/c1-13(2)20-14(12-19-9-7-18-8-10-19)11-15-16(20)5-4-6-17(15)21-3/h4-6,11,13,18H,7-10,12H2,1-3H3. The average Bonchev–Trinajstić information content (AvgIpc) is 2.86. The highest BCUT2D eigenvalue weighted by Gasteiger charge is 2.17. The summed E-state index contributed by atoms with van der Waals surface area (Å²) in [6, 6.07) is 9.07. The molecule has 1 aliphatic heterocycles. The van der Waals surface area contributed by atoms with Gasteiger partial charge in [-0.15, -0.1) is 0 Å². The van der Waals surface area contributed by atoms with Crippen molar-refractivity contribution in [1.29, 1.82) is 0 Å². The number of benzene rings is 1. The van der Waals surface area contributed by atoms with Crippen molar-refractivity contribution in [3.63, 3.8) is 0 Å². The predicted molar refractivity (Wildman–Crippen MR) is 87.0 cm³/mol. The summed E-state index contributed by atoms with van der Waals surface area (Å²) in [5, 5.41) is 4.64.